The molecule has 0 saturated carbocycles. The zero-order valence-electron chi connectivity index (χ0n) is 7.60. The van der Waals surface area contributed by atoms with Crippen molar-refractivity contribution in [1.29, 1.82) is 0 Å². The maximum atomic E-state index is 11.1. The van der Waals surface area contributed by atoms with Gasteiger partial charge in [-0.05, 0) is 45.2 Å². The largest absolute Gasteiger partial charge is 0.298 e. The molecule has 0 heterocycles. The molecule has 0 N–H and O–H groups in total. The van der Waals surface area contributed by atoms with E-state index in [1.807, 2.05) is 0 Å². The standard InChI is InChI=1S/C10H7BrCl2O2/c11-9-4-6(3-7(14)5-12)1-2-8(9)10(13)15/h1-2,4H,3,5H2. The molecule has 0 atom stereocenters. The number of halogens is 3. The third kappa shape index (κ3) is 3.59. The Bertz CT molecular complexity index is 404. The number of Topliss-reactive ketones (excluding diaryl/α,β-unsaturated/α-hetero) is 1. The van der Waals surface area contributed by atoms with Crippen LogP contribution in [-0.2, 0) is 11.2 Å². The Morgan fingerprint density at radius 3 is 2.47 bits per heavy atom. The fourth-order valence-corrected chi connectivity index (χ4v) is 2.08. The molecule has 15 heavy (non-hydrogen) atoms. The highest BCUT2D eigenvalue weighted by Gasteiger charge is 2.09. The lowest BCUT2D eigenvalue weighted by Gasteiger charge is -2.02. The zero-order chi connectivity index (χ0) is 11.4. The highest BCUT2D eigenvalue weighted by atomic mass is 79.9. The summed E-state index contributed by atoms with van der Waals surface area (Å²) in [6.07, 6.45) is 0.263. The molecule has 0 bridgehead atoms. The van der Waals surface area contributed by atoms with Crippen LogP contribution in [0.3, 0.4) is 0 Å². The van der Waals surface area contributed by atoms with Crippen LogP contribution >= 0.6 is 39.1 Å². The number of carbonyl (C=O) groups excluding carboxylic acids is 2. The summed E-state index contributed by atoms with van der Waals surface area (Å²) >= 11 is 13.9. The minimum atomic E-state index is -0.530. The molecule has 5 heteroatoms. The molecule has 0 aromatic heterocycles. The van der Waals surface area contributed by atoms with Crippen LogP contribution < -0.4 is 0 Å². The number of hydrogen-bond donors (Lipinski definition) is 0. The van der Waals surface area contributed by atoms with Gasteiger partial charge in [-0.1, -0.05) is 6.07 Å². The van der Waals surface area contributed by atoms with Crippen molar-refractivity contribution in [3.63, 3.8) is 0 Å². The molecule has 0 unspecified atom stereocenters. The van der Waals surface area contributed by atoms with Gasteiger partial charge in [0.15, 0.2) is 5.78 Å². The molecule has 0 aliphatic carbocycles. The van der Waals surface area contributed by atoms with Crippen LogP contribution in [0.4, 0.5) is 0 Å². The Morgan fingerprint density at radius 1 is 1.33 bits per heavy atom. The van der Waals surface area contributed by atoms with Gasteiger partial charge in [-0.3, -0.25) is 9.59 Å². The summed E-state index contributed by atoms with van der Waals surface area (Å²) < 4.78 is 0.586. The smallest absolute Gasteiger partial charge is 0.253 e. The normalized spacial score (nSPS) is 10.1. The highest BCUT2D eigenvalue weighted by molar-refractivity contribution is 9.10. The average Bonchev–Trinajstić information content (AvgIpc) is 2.17. The van der Waals surface area contributed by atoms with Crippen molar-refractivity contribution in [2.24, 2.45) is 0 Å². The lowest BCUT2D eigenvalue weighted by atomic mass is 10.1. The summed E-state index contributed by atoms with van der Waals surface area (Å²) in [5, 5.41) is -0.530. The summed E-state index contributed by atoms with van der Waals surface area (Å²) in [6, 6.07) is 4.96. The number of alkyl halides is 1. The minimum Gasteiger partial charge on any atom is -0.298 e. The third-order valence-corrected chi connectivity index (χ3v) is 2.95. The number of carbonyl (C=O) groups is 2. The topological polar surface area (TPSA) is 34.1 Å². The first kappa shape index (κ1) is 12.7. The van der Waals surface area contributed by atoms with Gasteiger partial charge in [-0.2, -0.15) is 0 Å². The molecule has 1 aromatic rings. The molecule has 0 radical (unpaired) electrons. The number of hydrogen-bond acceptors (Lipinski definition) is 2. The second kappa shape index (κ2) is 5.64. The fourth-order valence-electron chi connectivity index (χ4n) is 1.10. The SMILES string of the molecule is O=C(CCl)Cc1ccc(C(=O)Cl)c(Br)c1. The highest BCUT2D eigenvalue weighted by Crippen LogP contribution is 2.20. The van der Waals surface area contributed by atoms with Gasteiger partial charge in [-0.25, -0.2) is 0 Å². The third-order valence-electron chi connectivity index (χ3n) is 1.80. The molecular weight excluding hydrogens is 303 g/mol. The summed E-state index contributed by atoms with van der Waals surface area (Å²) in [7, 11) is 0. The van der Waals surface area contributed by atoms with Crippen LogP contribution in [0.15, 0.2) is 22.7 Å². The van der Waals surface area contributed by atoms with Crippen LogP contribution in [0.1, 0.15) is 15.9 Å². The fraction of sp³-hybridized carbons (Fsp3) is 0.200. The molecule has 0 spiro atoms. The van der Waals surface area contributed by atoms with E-state index in [4.69, 9.17) is 23.2 Å². The van der Waals surface area contributed by atoms with Crippen LogP contribution in [0.25, 0.3) is 0 Å². The summed E-state index contributed by atoms with van der Waals surface area (Å²) in [6.45, 7) is 0. The monoisotopic (exact) mass is 308 g/mol. The van der Waals surface area contributed by atoms with Crippen LogP contribution in [0, 0.1) is 0 Å². The predicted molar refractivity (Wildman–Crippen MR) is 63.8 cm³/mol. The minimum absolute atomic E-state index is 0.00614. The van der Waals surface area contributed by atoms with Crippen LogP contribution in [-0.4, -0.2) is 16.9 Å². The lowest BCUT2D eigenvalue weighted by molar-refractivity contribution is -0.116. The molecule has 2 nitrogen and oxygen atoms in total. The van der Waals surface area contributed by atoms with E-state index in [2.05, 4.69) is 15.9 Å². The second-order valence-electron chi connectivity index (χ2n) is 2.94. The van der Waals surface area contributed by atoms with Crippen molar-refractivity contribution in [2.45, 2.75) is 6.42 Å². The van der Waals surface area contributed by atoms with E-state index < -0.39 is 5.24 Å². The van der Waals surface area contributed by atoms with Crippen molar-refractivity contribution >= 4 is 50.2 Å². The molecule has 1 rings (SSSR count). The van der Waals surface area contributed by atoms with Crippen molar-refractivity contribution in [1.82, 2.24) is 0 Å². The number of rotatable bonds is 4. The van der Waals surface area contributed by atoms with Crippen LogP contribution in [0.2, 0.25) is 0 Å². The maximum Gasteiger partial charge on any atom is 0.253 e. The number of ketones is 1. The summed E-state index contributed by atoms with van der Waals surface area (Å²) in [5.74, 6) is -0.0677. The Balaban J connectivity index is 2.91. The molecule has 0 saturated heterocycles. The average molecular weight is 310 g/mol. The van der Waals surface area contributed by atoms with Gasteiger partial charge in [0, 0.05) is 16.5 Å². The molecule has 0 aliphatic heterocycles. The van der Waals surface area contributed by atoms with Crippen molar-refractivity contribution in [3.05, 3.63) is 33.8 Å². The first-order chi connectivity index (χ1) is 7.04. The van der Waals surface area contributed by atoms with Gasteiger partial charge in [0.05, 0.1) is 5.88 Å². The van der Waals surface area contributed by atoms with Gasteiger partial charge in [0.1, 0.15) is 0 Å². The van der Waals surface area contributed by atoms with Crippen molar-refractivity contribution in [2.75, 3.05) is 5.88 Å². The Hall–Kier alpha value is -0.380. The van der Waals surface area contributed by atoms with Crippen molar-refractivity contribution < 1.29 is 9.59 Å². The first-order valence-corrected chi connectivity index (χ1v) is 5.81. The molecule has 0 amide bonds. The van der Waals surface area contributed by atoms with E-state index in [0.29, 0.717) is 10.0 Å². The van der Waals surface area contributed by atoms with E-state index >= 15 is 0 Å². The Morgan fingerprint density at radius 2 is 2.00 bits per heavy atom. The first-order valence-electron chi connectivity index (χ1n) is 4.10. The molecule has 80 valence electrons. The summed E-state index contributed by atoms with van der Waals surface area (Å²) in [5.41, 5.74) is 1.19. The predicted octanol–water partition coefficient (Wildman–Crippen LogP) is 3.18. The molecular formula is C10H7BrCl2O2. The molecule has 0 fully saturated rings. The lowest BCUT2D eigenvalue weighted by Crippen LogP contribution is -2.04. The van der Waals surface area contributed by atoms with Crippen LogP contribution in [0.5, 0.6) is 0 Å². The molecule has 0 aliphatic rings. The zero-order valence-corrected chi connectivity index (χ0v) is 10.7. The Labute approximate surface area is 106 Å². The van der Waals surface area contributed by atoms with E-state index in [0.717, 1.165) is 5.56 Å². The van der Waals surface area contributed by atoms with E-state index in [-0.39, 0.29) is 18.1 Å². The van der Waals surface area contributed by atoms with Gasteiger partial charge < -0.3 is 0 Å². The van der Waals surface area contributed by atoms with E-state index in [9.17, 15) is 9.59 Å². The maximum absolute atomic E-state index is 11.1. The van der Waals surface area contributed by atoms with Crippen molar-refractivity contribution in [3.8, 4) is 0 Å². The van der Waals surface area contributed by atoms with E-state index in [1.54, 1.807) is 18.2 Å². The van der Waals surface area contributed by atoms with Gasteiger partial charge >= 0.3 is 0 Å². The number of benzene rings is 1. The van der Waals surface area contributed by atoms with Gasteiger partial charge in [0.25, 0.3) is 5.24 Å². The summed E-state index contributed by atoms with van der Waals surface area (Å²) in [4.78, 5) is 22.0. The Kier molecular flexibility index (Phi) is 4.77. The second-order valence-corrected chi connectivity index (χ2v) is 4.40. The van der Waals surface area contributed by atoms with Gasteiger partial charge in [-0.15, -0.1) is 11.6 Å². The van der Waals surface area contributed by atoms with Gasteiger partial charge in [0.2, 0.25) is 0 Å². The molecule has 1 aromatic carbocycles. The quantitative estimate of drug-likeness (QED) is 0.632. The van der Waals surface area contributed by atoms with E-state index in [1.165, 1.54) is 0 Å².